The highest BCUT2D eigenvalue weighted by Gasteiger charge is 2.23. The summed E-state index contributed by atoms with van der Waals surface area (Å²) in [5.74, 6) is 0.252. The molecule has 0 aliphatic rings. The molecule has 0 bridgehead atoms. The Hall–Kier alpha value is -3.63. The van der Waals surface area contributed by atoms with Gasteiger partial charge in [-0.3, -0.25) is 9.36 Å². The van der Waals surface area contributed by atoms with Gasteiger partial charge in [0.1, 0.15) is 18.2 Å². The molecule has 1 amide bonds. The van der Waals surface area contributed by atoms with E-state index in [2.05, 4.69) is 99.1 Å². The van der Waals surface area contributed by atoms with Crippen LogP contribution in [-0.2, 0) is 25.2 Å². The van der Waals surface area contributed by atoms with Crippen LogP contribution in [0.25, 0.3) is 11.2 Å². The fraction of sp³-hybridized carbons (Fsp3) is 0.471. The van der Waals surface area contributed by atoms with Crippen molar-refractivity contribution in [3.8, 4) is 0 Å². The van der Waals surface area contributed by atoms with E-state index < -0.39 is 7.52 Å². The van der Waals surface area contributed by atoms with Gasteiger partial charge in [-0.05, 0) is 51.9 Å². The minimum absolute atomic E-state index is 0.0598. The van der Waals surface area contributed by atoms with E-state index in [-0.39, 0.29) is 24.9 Å². The number of amides is 1. The van der Waals surface area contributed by atoms with Gasteiger partial charge < -0.3 is 24.9 Å². The van der Waals surface area contributed by atoms with Gasteiger partial charge in [0.15, 0.2) is 11.5 Å². The molecule has 2 heterocycles. The third-order valence-corrected chi connectivity index (χ3v) is 8.43. The first-order valence-corrected chi connectivity index (χ1v) is 17.8. The van der Waals surface area contributed by atoms with Crippen LogP contribution in [0.2, 0.25) is 0 Å². The fourth-order valence-corrected chi connectivity index (χ4v) is 5.35. The average Bonchev–Trinajstić information content (AvgIpc) is 3.47. The van der Waals surface area contributed by atoms with Crippen LogP contribution in [-0.4, -0.2) is 58.1 Å². The minimum Gasteiger partial charge on any atom is -0.382 e. The van der Waals surface area contributed by atoms with Gasteiger partial charge >= 0.3 is 0 Å². The van der Waals surface area contributed by atoms with Gasteiger partial charge in [0.05, 0.1) is 19.0 Å². The molecule has 0 saturated carbocycles. The summed E-state index contributed by atoms with van der Waals surface area (Å²) in [6.07, 6.45) is 35.3. The summed E-state index contributed by atoms with van der Waals surface area (Å²) in [4.78, 5) is 24.5. The molecule has 2 atom stereocenters. The van der Waals surface area contributed by atoms with E-state index in [1.807, 2.05) is 13.0 Å². The van der Waals surface area contributed by atoms with Crippen molar-refractivity contribution in [2.75, 3.05) is 32.3 Å². The Labute approximate surface area is 274 Å². The van der Waals surface area contributed by atoms with Crippen molar-refractivity contribution in [3.05, 3.63) is 85.6 Å². The van der Waals surface area contributed by atoms with Gasteiger partial charge in [0.25, 0.3) is 7.52 Å². The summed E-state index contributed by atoms with van der Waals surface area (Å²) >= 11 is 0. The number of hydrogen-bond donors (Lipinski definition) is 3. The Balaban J connectivity index is 1.50. The van der Waals surface area contributed by atoms with Crippen LogP contribution in [0.1, 0.15) is 65.2 Å². The number of carbonyl (C=O) groups is 1. The van der Waals surface area contributed by atoms with Crippen molar-refractivity contribution >= 4 is 30.4 Å². The normalized spacial score (nSPS) is 14.7. The minimum atomic E-state index is -3.24. The van der Waals surface area contributed by atoms with Crippen molar-refractivity contribution in [2.24, 2.45) is 0 Å². The molecule has 1 unspecified atom stereocenters. The topological polar surface area (TPSA) is 146 Å². The van der Waals surface area contributed by atoms with E-state index in [9.17, 15) is 9.36 Å². The molecule has 252 valence electrons. The fourth-order valence-electron chi connectivity index (χ4n) is 4.12. The smallest absolute Gasteiger partial charge is 0.294 e. The molecule has 2 aromatic heterocycles. The average molecular weight is 654 g/mol. The van der Waals surface area contributed by atoms with Gasteiger partial charge in [-0.2, -0.15) is 0 Å². The van der Waals surface area contributed by atoms with E-state index in [0.717, 1.165) is 38.5 Å². The third kappa shape index (κ3) is 16.6. The molecule has 46 heavy (non-hydrogen) atoms. The molecule has 4 N–H and O–H groups in total. The maximum atomic E-state index is 13.0. The van der Waals surface area contributed by atoms with Gasteiger partial charge in [0.2, 0.25) is 5.91 Å². The molecule has 0 radical (unpaired) electrons. The highest BCUT2D eigenvalue weighted by Crippen LogP contribution is 2.41. The van der Waals surface area contributed by atoms with E-state index in [0.29, 0.717) is 42.9 Å². The number of nitrogens with one attached hydrogen (secondary N) is 2. The second-order valence-electron chi connectivity index (χ2n) is 10.5. The molecule has 11 nitrogen and oxygen atoms in total. The number of fused-ring (bicyclic) bond motifs is 1. The van der Waals surface area contributed by atoms with Gasteiger partial charge in [-0.25, -0.2) is 20.0 Å². The molecule has 2 aromatic rings. The van der Waals surface area contributed by atoms with E-state index in [1.54, 1.807) is 10.9 Å². The molecule has 0 aliphatic carbocycles. The van der Waals surface area contributed by atoms with Crippen LogP contribution < -0.4 is 16.1 Å². The van der Waals surface area contributed by atoms with Crippen LogP contribution in [0.15, 0.2) is 85.6 Å². The maximum Gasteiger partial charge on any atom is 0.294 e. The largest absolute Gasteiger partial charge is 0.382 e. The monoisotopic (exact) mass is 653 g/mol. The number of nitrogens with zero attached hydrogens (tertiary/aromatic N) is 4. The summed E-state index contributed by atoms with van der Waals surface area (Å²) < 4.78 is 25.8. The van der Waals surface area contributed by atoms with Gasteiger partial charge in [-0.1, -0.05) is 79.8 Å². The molecule has 0 fully saturated rings. The molecule has 0 aromatic carbocycles. The Morgan fingerprint density at radius 2 is 1.50 bits per heavy atom. The van der Waals surface area contributed by atoms with Crippen molar-refractivity contribution in [1.29, 1.82) is 0 Å². The van der Waals surface area contributed by atoms with Crippen molar-refractivity contribution < 1.29 is 18.6 Å². The van der Waals surface area contributed by atoms with Crippen molar-refractivity contribution in [2.45, 2.75) is 77.9 Å². The molecule has 0 aliphatic heterocycles. The first-order valence-electron chi connectivity index (χ1n) is 16.0. The van der Waals surface area contributed by atoms with E-state index >= 15 is 0 Å². The maximum absolute atomic E-state index is 13.0. The number of anilines is 1. The van der Waals surface area contributed by atoms with Crippen molar-refractivity contribution in [1.82, 2.24) is 29.9 Å². The quantitative estimate of drug-likeness (QED) is 0.0633. The predicted octanol–water partition coefficient (Wildman–Crippen LogP) is 6.79. The van der Waals surface area contributed by atoms with E-state index in [4.69, 9.17) is 15.0 Å². The number of rotatable bonds is 24. The number of hydrogen-bond acceptors (Lipinski definition) is 8. The second kappa shape index (κ2) is 23.7. The molecule has 12 heteroatoms. The van der Waals surface area contributed by atoms with Crippen LogP contribution in [0.4, 0.5) is 5.82 Å². The number of nitrogens with two attached hydrogens (primary N) is 1. The van der Waals surface area contributed by atoms with Crippen LogP contribution in [0, 0.1) is 0 Å². The van der Waals surface area contributed by atoms with Crippen LogP contribution in [0.5, 0.6) is 0 Å². The molecular weight excluding hydrogens is 601 g/mol. The summed E-state index contributed by atoms with van der Waals surface area (Å²) in [6, 6.07) is 0. The molecule has 0 saturated heterocycles. The number of imidazole rings is 1. The summed E-state index contributed by atoms with van der Waals surface area (Å²) in [7, 11) is -1.87. The lowest BCUT2D eigenvalue weighted by Gasteiger charge is -2.21. The number of allylic oxidation sites excluding steroid dienone is 12. The third-order valence-electron chi connectivity index (χ3n) is 6.64. The standard InChI is InChI=1S/C34H52N7O4P/c1-4-5-6-7-8-9-10-11-12-13-14-15-16-17-18-19-20-21-22-23-31(42)36-24-25-40-46(43,44-3)29-45-30(2)26-41-28-39-32-33(35)37-27-38-34(32)41/h5-6,8-9,11-12,14-15,17-18,20-21,27-28,30H,4,7,10,13,16,19,22-26,29H2,1-3H3,(H,36,42)(H,40,43)(H2,35,37,38)/b6-5-,9-8-,12-11-,15-14-,18-17-,21-20-/t30-,46?/m1/s1. The first kappa shape index (κ1) is 38.6. The zero-order valence-corrected chi connectivity index (χ0v) is 28.5. The Morgan fingerprint density at radius 3 is 2.09 bits per heavy atom. The SMILES string of the molecule is CC/C=C\C/C=C\C/C=C\C/C=C\C/C=C\C/C=C\CCC(=O)NCCNP(=O)(CO[C@H](C)Cn1cnc2c(N)ncnc21)OC. The Bertz CT molecular complexity index is 1380. The van der Waals surface area contributed by atoms with E-state index in [1.165, 1.54) is 13.4 Å². The molecule has 2 rings (SSSR count). The lowest BCUT2D eigenvalue weighted by atomic mass is 10.2. The zero-order chi connectivity index (χ0) is 33.3. The number of aromatic nitrogens is 4. The lowest BCUT2D eigenvalue weighted by Crippen LogP contribution is -2.31. The van der Waals surface area contributed by atoms with Gasteiger partial charge in [-0.15, -0.1) is 0 Å². The molecular formula is C34H52N7O4P. The highest BCUT2D eigenvalue weighted by molar-refractivity contribution is 7.56. The summed E-state index contributed by atoms with van der Waals surface area (Å²) in [6.45, 7) is 5.05. The molecule has 0 spiro atoms. The number of ether oxygens (including phenoxy) is 1. The summed E-state index contributed by atoms with van der Waals surface area (Å²) in [5, 5.41) is 5.72. The van der Waals surface area contributed by atoms with Gasteiger partial charge in [0, 0.05) is 26.6 Å². The highest BCUT2D eigenvalue weighted by atomic mass is 31.2. The summed E-state index contributed by atoms with van der Waals surface area (Å²) in [5.41, 5.74) is 6.97. The predicted molar refractivity (Wildman–Crippen MR) is 188 cm³/mol. The Morgan fingerprint density at radius 1 is 0.913 bits per heavy atom. The number of nitrogen functional groups attached to an aromatic ring is 1. The van der Waals surface area contributed by atoms with Crippen LogP contribution in [0.3, 0.4) is 0 Å². The lowest BCUT2D eigenvalue weighted by molar-refractivity contribution is -0.120. The van der Waals surface area contributed by atoms with Crippen molar-refractivity contribution in [3.63, 3.8) is 0 Å². The number of carbonyl (C=O) groups excluding carboxylic acids is 1. The Kier molecular flexibility index (Phi) is 19.8. The zero-order valence-electron chi connectivity index (χ0n) is 27.6. The van der Waals surface area contributed by atoms with Crippen LogP contribution >= 0.6 is 7.52 Å². The second-order valence-corrected chi connectivity index (χ2v) is 12.8. The first-order chi connectivity index (χ1) is 22.4.